The second-order valence-corrected chi connectivity index (χ2v) is 5.99. The Bertz CT molecular complexity index is 452. The number of nitrogens with two attached hydrogens (primary N) is 1. The van der Waals surface area contributed by atoms with Crippen LogP contribution < -0.4 is 10.5 Å². The van der Waals surface area contributed by atoms with E-state index in [2.05, 4.69) is 4.72 Å². The van der Waals surface area contributed by atoms with Crippen molar-refractivity contribution in [2.45, 2.75) is 37.6 Å². The van der Waals surface area contributed by atoms with Crippen molar-refractivity contribution in [3.8, 4) is 0 Å². The molecule has 0 saturated carbocycles. The SMILES string of the molecule is CCNS(=O)(=O)c1ccc(C(C)C(C)N)cc1. The largest absolute Gasteiger partial charge is 0.327 e. The Kier molecular flexibility index (Phi) is 4.68. The lowest BCUT2D eigenvalue weighted by Gasteiger charge is -2.16. The summed E-state index contributed by atoms with van der Waals surface area (Å²) < 4.78 is 25.9. The van der Waals surface area contributed by atoms with Gasteiger partial charge in [-0.1, -0.05) is 26.0 Å². The lowest BCUT2D eigenvalue weighted by Crippen LogP contribution is -2.24. The molecule has 3 N–H and O–H groups in total. The van der Waals surface area contributed by atoms with Crippen molar-refractivity contribution in [2.24, 2.45) is 5.73 Å². The van der Waals surface area contributed by atoms with E-state index in [1.165, 1.54) is 0 Å². The first-order chi connectivity index (χ1) is 7.88. The van der Waals surface area contributed by atoms with Crippen LogP contribution in [0.4, 0.5) is 0 Å². The molecule has 0 aliphatic heterocycles. The molecule has 17 heavy (non-hydrogen) atoms. The molecule has 0 spiro atoms. The standard InChI is InChI=1S/C12H20N2O2S/c1-4-14-17(15,16)12-7-5-11(6-8-12)9(2)10(3)13/h5-10,14H,4,13H2,1-3H3. The van der Waals surface area contributed by atoms with Crippen molar-refractivity contribution in [3.05, 3.63) is 29.8 Å². The van der Waals surface area contributed by atoms with Gasteiger partial charge in [0.15, 0.2) is 0 Å². The quantitative estimate of drug-likeness (QED) is 0.837. The highest BCUT2D eigenvalue weighted by molar-refractivity contribution is 7.89. The zero-order valence-corrected chi connectivity index (χ0v) is 11.3. The maximum absolute atomic E-state index is 11.7. The summed E-state index contributed by atoms with van der Waals surface area (Å²) in [5.41, 5.74) is 6.86. The molecular formula is C12H20N2O2S. The third-order valence-corrected chi connectivity index (χ3v) is 4.40. The van der Waals surface area contributed by atoms with Crippen LogP contribution in [-0.4, -0.2) is 21.0 Å². The van der Waals surface area contributed by atoms with Gasteiger partial charge in [0.1, 0.15) is 0 Å². The van der Waals surface area contributed by atoms with E-state index >= 15 is 0 Å². The Hall–Kier alpha value is -0.910. The molecule has 4 nitrogen and oxygen atoms in total. The van der Waals surface area contributed by atoms with E-state index in [0.29, 0.717) is 11.4 Å². The van der Waals surface area contributed by atoms with Crippen LogP contribution in [0.25, 0.3) is 0 Å². The summed E-state index contributed by atoms with van der Waals surface area (Å²) in [5, 5.41) is 0. The van der Waals surface area contributed by atoms with Gasteiger partial charge >= 0.3 is 0 Å². The molecule has 0 fully saturated rings. The van der Waals surface area contributed by atoms with Crippen molar-refractivity contribution in [3.63, 3.8) is 0 Å². The van der Waals surface area contributed by atoms with Crippen molar-refractivity contribution in [2.75, 3.05) is 6.54 Å². The third-order valence-electron chi connectivity index (χ3n) is 2.84. The van der Waals surface area contributed by atoms with Crippen molar-refractivity contribution < 1.29 is 8.42 Å². The fourth-order valence-electron chi connectivity index (χ4n) is 1.53. The number of rotatable bonds is 5. The maximum atomic E-state index is 11.7. The Balaban J connectivity index is 2.96. The Labute approximate surface area is 103 Å². The van der Waals surface area contributed by atoms with E-state index < -0.39 is 10.0 Å². The molecule has 2 atom stereocenters. The minimum atomic E-state index is -3.35. The number of hydrogen-bond acceptors (Lipinski definition) is 3. The van der Waals surface area contributed by atoms with Gasteiger partial charge in [0.05, 0.1) is 4.90 Å². The van der Waals surface area contributed by atoms with Crippen LogP contribution in [0.2, 0.25) is 0 Å². The average Bonchev–Trinajstić information content (AvgIpc) is 2.28. The highest BCUT2D eigenvalue weighted by atomic mass is 32.2. The fourth-order valence-corrected chi connectivity index (χ4v) is 2.57. The van der Waals surface area contributed by atoms with Crippen LogP contribution in [0, 0.1) is 0 Å². The highest BCUT2D eigenvalue weighted by Crippen LogP contribution is 2.19. The molecule has 0 aromatic heterocycles. The van der Waals surface area contributed by atoms with Crippen LogP contribution in [0.5, 0.6) is 0 Å². The molecule has 0 radical (unpaired) electrons. The summed E-state index contributed by atoms with van der Waals surface area (Å²) >= 11 is 0. The molecule has 1 aromatic rings. The smallest absolute Gasteiger partial charge is 0.240 e. The molecular weight excluding hydrogens is 236 g/mol. The third kappa shape index (κ3) is 3.52. The molecule has 0 aliphatic rings. The molecule has 0 saturated heterocycles. The lowest BCUT2D eigenvalue weighted by molar-refractivity contribution is 0.583. The summed E-state index contributed by atoms with van der Waals surface area (Å²) in [6.07, 6.45) is 0. The first-order valence-electron chi connectivity index (χ1n) is 5.73. The summed E-state index contributed by atoms with van der Waals surface area (Å²) in [6, 6.07) is 6.92. The Morgan fingerprint density at radius 3 is 2.18 bits per heavy atom. The summed E-state index contributed by atoms with van der Waals surface area (Å²) in [6.45, 7) is 6.11. The van der Waals surface area contributed by atoms with Gasteiger partial charge in [-0.2, -0.15) is 0 Å². The van der Waals surface area contributed by atoms with E-state index in [0.717, 1.165) is 5.56 Å². The Morgan fingerprint density at radius 1 is 1.24 bits per heavy atom. The van der Waals surface area contributed by atoms with Gasteiger partial charge in [-0.15, -0.1) is 0 Å². The monoisotopic (exact) mass is 256 g/mol. The molecule has 0 aliphatic carbocycles. The van der Waals surface area contributed by atoms with Gasteiger partial charge in [-0.25, -0.2) is 13.1 Å². The summed E-state index contributed by atoms with van der Waals surface area (Å²) in [7, 11) is -3.35. The van der Waals surface area contributed by atoms with Gasteiger partial charge in [-0.3, -0.25) is 0 Å². The van der Waals surface area contributed by atoms with Crippen molar-refractivity contribution in [1.29, 1.82) is 0 Å². The topological polar surface area (TPSA) is 72.2 Å². The number of benzene rings is 1. The number of hydrogen-bond donors (Lipinski definition) is 2. The van der Waals surface area contributed by atoms with E-state index in [-0.39, 0.29) is 12.0 Å². The maximum Gasteiger partial charge on any atom is 0.240 e. The first-order valence-corrected chi connectivity index (χ1v) is 7.22. The van der Waals surface area contributed by atoms with E-state index in [9.17, 15) is 8.42 Å². The molecule has 96 valence electrons. The van der Waals surface area contributed by atoms with Gasteiger partial charge in [0, 0.05) is 12.6 Å². The average molecular weight is 256 g/mol. The number of nitrogens with one attached hydrogen (secondary N) is 1. The van der Waals surface area contributed by atoms with Crippen LogP contribution in [0.15, 0.2) is 29.2 Å². The zero-order valence-electron chi connectivity index (χ0n) is 10.5. The first kappa shape index (κ1) is 14.2. The summed E-state index contributed by atoms with van der Waals surface area (Å²) in [5.74, 6) is 0.214. The van der Waals surface area contributed by atoms with E-state index in [1.807, 2.05) is 26.0 Å². The molecule has 2 unspecified atom stereocenters. The minimum absolute atomic E-state index is 0.0474. The predicted molar refractivity (Wildman–Crippen MR) is 69.4 cm³/mol. The van der Waals surface area contributed by atoms with E-state index in [4.69, 9.17) is 5.73 Å². The molecule has 5 heteroatoms. The van der Waals surface area contributed by atoms with Gasteiger partial charge in [0.25, 0.3) is 0 Å². The van der Waals surface area contributed by atoms with Crippen LogP contribution >= 0.6 is 0 Å². The van der Waals surface area contributed by atoms with Crippen LogP contribution in [0.3, 0.4) is 0 Å². The molecule has 1 rings (SSSR count). The van der Waals surface area contributed by atoms with Crippen molar-refractivity contribution in [1.82, 2.24) is 4.72 Å². The van der Waals surface area contributed by atoms with E-state index in [1.54, 1.807) is 19.1 Å². The van der Waals surface area contributed by atoms with Crippen molar-refractivity contribution >= 4 is 10.0 Å². The number of sulfonamides is 1. The second-order valence-electron chi connectivity index (χ2n) is 4.22. The van der Waals surface area contributed by atoms with Crippen LogP contribution in [-0.2, 0) is 10.0 Å². The Morgan fingerprint density at radius 2 is 1.76 bits per heavy atom. The van der Waals surface area contributed by atoms with Gasteiger partial charge < -0.3 is 5.73 Å². The summed E-state index contributed by atoms with van der Waals surface area (Å²) in [4.78, 5) is 0.292. The minimum Gasteiger partial charge on any atom is -0.327 e. The molecule has 0 amide bonds. The highest BCUT2D eigenvalue weighted by Gasteiger charge is 2.14. The zero-order chi connectivity index (χ0) is 13.1. The fraction of sp³-hybridized carbons (Fsp3) is 0.500. The van der Waals surface area contributed by atoms with Crippen LogP contribution in [0.1, 0.15) is 32.3 Å². The molecule has 0 heterocycles. The van der Waals surface area contributed by atoms with Gasteiger partial charge in [0.2, 0.25) is 10.0 Å². The second kappa shape index (κ2) is 5.62. The molecule has 0 bridgehead atoms. The van der Waals surface area contributed by atoms with Gasteiger partial charge in [-0.05, 0) is 30.5 Å². The molecule has 1 aromatic carbocycles. The lowest BCUT2D eigenvalue weighted by atomic mass is 9.95. The predicted octanol–water partition coefficient (Wildman–Crippen LogP) is 1.44. The normalized spacial score (nSPS) is 15.5.